The molecule has 42 heavy (non-hydrogen) atoms. The molecule has 0 spiro atoms. The smallest absolute Gasteiger partial charge is 0.512 e. The maximum atomic E-state index is 13.0. The first-order valence-corrected chi connectivity index (χ1v) is 14.7. The minimum Gasteiger partial charge on any atom is -0.512 e. The van der Waals surface area contributed by atoms with Crippen LogP contribution >= 0.6 is 11.3 Å². The number of nitrogens with one attached hydrogen (secondary N) is 1. The van der Waals surface area contributed by atoms with Crippen molar-refractivity contribution in [3.8, 4) is 5.75 Å². The van der Waals surface area contributed by atoms with Crippen molar-refractivity contribution < 1.29 is 37.7 Å². The normalized spacial score (nSPS) is 24.5. The molecule has 3 unspecified atom stereocenters. The van der Waals surface area contributed by atoms with Crippen molar-refractivity contribution in [2.24, 2.45) is 11.8 Å². The summed E-state index contributed by atoms with van der Waals surface area (Å²) in [7, 11) is 0. The van der Waals surface area contributed by atoms with E-state index in [1.807, 2.05) is 0 Å². The third-order valence-electron chi connectivity index (χ3n) is 8.36. The summed E-state index contributed by atoms with van der Waals surface area (Å²) in [6.07, 6.45) is -1.28. The Morgan fingerprint density at radius 2 is 1.90 bits per heavy atom. The van der Waals surface area contributed by atoms with Gasteiger partial charge in [-0.15, -0.1) is 13.2 Å². The van der Waals surface area contributed by atoms with Gasteiger partial charge in [0.2, 0.25) is 0 Å². The number of carboxylic acid groups (broad SMARTS) is 1. The number of aliphatic hydroxyl groups is 1. The maximum Gasteiger partial charge on any atom is 0.573 e. The van der Waals surface area contributed by atoms with Crippen molar-refractivity contribution in [1.82, 2.24) is 4.98 Å². The number of nitrogens with zero attached hydrogens (tertiary/aromatic N) is 2. The number of alkyl halides is 3. The van der Waals surface area contributed by atoms with Crippen LogP contribution in [-0.4, -0.2) is 58.0 Å². The van der Waals surface area contributed by atoms with Crippen LogP contribution in [0.2, 0.25) is 0 Å². The quantitative estimate of drug-likeness (QED) is 0.180. The molecule has 2 saturated heterocycles. The van der Waals surface area contributed by atoms with Crippen LogP contribution in [0.1, 0.15) is 54.9 Å². The van der Waals surface area contributed by atoms with Crippen molar-refractivity contribution in [2.45, 2.75) is 63.6 Å². The van der Waals surface area contributed by atoms with Gasteiger partial charge < -0.3 is 24.6 Å². The van der Waals surface area contributed by atoms with E-state index in [4.69, 9.17) is 15.1 Å². The molecule has 0 radical (unpaired) electrons. The molecule has 0 amide bonds. The average Bonchev–Trinajstić information content (AvgIpc) is 3.66. The molecule has 4 atom stereocenters. The van der Waals surface area contributed by atoms with Gasteiger partial charge in [0.1, 0.15) is 11.5 Å². The van der Waals surface area contributed by atoms with E-state index < -0.39 is 18.1 Å². The second-order valence-corrected chi connectivity index (χ2v) is 12.3. The number of halogens is 3. The van der Waals surface area contributed by atoms with E-state index in [0.29, 0.717) is 18.8 Å². The van der Waals surface area contributed by atoms with Crippen molar-refractivity contribution >= 4 is 38.4 Å². The summed E-state index contributed by atoms with van der Waals surface area (Å²) in [5.74, 6) is -1.25. The van der Waals surface area contributed by atoms with E-state index in [2.05, 4.69) is 16.6 Å². The number of ether oxygens (including phenoxy) is 2. The van der Waals surface area contributed by atoms with Crippen molar-refractivity contribution in [2.75, 3.05) is 11.5 Å². The van der Waals surface area contributed by atoms with Crippen LogP contribution in [0, 0.1) is 17.2 Å². The van der Waals surface area contributed by atoms with E-state index in [-0.39, 0.29) is 58.9 Å². The highest BCUT2D eigenvalue weighted by Gasteiger charge is 2.46. The lowest BCUT2D eigenvalue weighted by atomic mass is 9.97. The van der Waals surface area contributed by atoms with Crippen LogP contribution in [0.3, 0.4) is 0 Å². The Morgan fingerprint density at radius 1 is 1.14 bits per heavy atom. The zero-order valence-electron chi connectivity index (χ0n) is 22.7. The zero-order chi connectivity index (χ0) is 29.8. The molecule has 3 N–H and O–H groups in total. The highest BCUT2D eigenvalue weighted by molar-refractivity contribution is 7.22. The molecule has 3 aliphatic rings. The molecular formula is C30H30F3N3O5S. The van der Waals surface area contributed by atoms with Gasteiger partial charge >= 0.3 is 12.3 Å². The van der Waals surface area contributed by atoms with Gasteiger partial charge in [-0.3, -0.25) is 5.41 Å². The van der Waals surface area contributed by atoms with Gasteiger partial charge in [-0.05, 0) is 68.4 Å². The number of carbonyl (C=O) groups is 1. The average molecular weight is 602 g/mol. The van der Waals surface area contributed by atoms with Gasteiger partial charge in [0.15, 0.2) is 5.13 Å². The molecule has 1 aliphatic carbocycles. The van der Waals surface area contributed by atoms with E-state index in [0.717, 1.165) is 40.7 Å². The van der Waals surface area contributed by atoms with Crippen molar-refractivity contribution in [3.63, 3.8) is 0 Å². The number of aromatic nitrogens is 1. The standard InChI is InChI=1S/C30H30F3N3O5S/c1-15-10-18-12-19(13-23(15)36(18)29-35-22-9-8-17(28(38)39)11-25(22)42-29)40-14-21(27(37)16-6-7-16)26(34)20-4-2-3-5-24(20)41-30(31,32)33/h2-5,8-9,11,15-16,18-19,23,34,37H,6-7,10,12-14H2,1H3,(H,38,39)/b27-21-,34-26?/t15-,18?,19?,23?/m1/s1. The van der Waals surface area contributed by atoms with Crippen LogP contribution in [0.25, 0.3) is 10.2 Å². The number of aromatic carboxylic acids is 1. The molecule has 1 aromatic heterocycles. The number of benzene rings is 2. The molecule has 12 heteroatoms. The lowest BCUT2D eigenvalue weighted by Crippen LogP contribution is -2.46. The van der Waals surface area contributed by atoms with E-state index in [1.165, 1.54) is 29.5 Å². The van der Waals surface area contributed by atoms with Crippen LogP contribution in [0.4, 0.5) is 18.3 Å². The summed E-state index contributed by atoms with van der Waals surface area (Å²) >= 11 is 1.48. The van der Waals surface area contributed by atoms with Gasteiger partial charge in [-0.1, -0.05) is 30.4 Å². The largest absolute Gasteiger partial charge is 0.573 e. The van der Waals surface area contributed by atoms with Crippen molar-refractivity contribution in [1.29, 1.82) is 5.41 Å². The first kappa shape index (κ1) is 28.5. The van der Waals surface area contributed by atoms with E-state index in [9.17, 15) is 28.2 Å². The van der Waals surface area contributed by atoms with Crippen LogP contribution in [0.5, 0.6) is 5.75 Å². The lowest BCUT2D eigenvalue weighted by Gasteiger charge is -2.39. The number of hydrogen-bond donors (Lipinski definition) is 3. The van der Waals surface area contributed by atoms with Gasteiger partial charge in [0.25, 0.3) is 0 Å². The highest BCUT2D eigenvalue weighted by Crippen LogP contribution is 2.46. The number of para-hydroxylation sites is 1. The molecule has 3 fully saturated rings. The number of piperidine rings is 1. The SMILES string of the molecule is C[C@@H]1CC2CC(OC/C(C(=N)c3ccccc3OC(F)(F)F)=C(/O)C3CC3)CC1N2c1nc2ccc(C(=O)O)cc2s1. The molecule has 1 saturated carbocycles. The summed E-state index contributed by atoms with van der Waals surface area (Å²) in [6, 6.07) is 10.7. The zero-order valence-corrected chi connectivity index (χ0v) is 23.5. The Bertz CT molecular complexity index is 1570. The van der Waals surface area contributed by atoms with Gasteiger partial charge in [0.05, 0.1) is 34.2 Å². The number of aliphatic hydroxyl groups excluding tert-OH is 1. The monoisotopic (exact) mass is 601 g/mol. The van der Waals surface area contributed by atoms with Gasteiger partial charge in [-0.2, -0.15) is 0 Å². The Morgan fingerprint density at radius 3 is 2.60 bits per heavy atom. The minimum atomic E-state index is -4.92. The number of carboxylic acids is 1. The second kappa shape index (κ2) is 10.9. The summed E-state index contributed by atoms with van der Waals surface area (Å²) in [5, 5.41) is 29.9. The number of allylic oxidation sites excluding steroid dienone is 1. The lowest BCUT2D eigenvalue weighted by molar-refractivity contribution is -0.274. The third-order valence-corrected chi connectivity index (χ3v) is 9.39. The minimum absolute atomic E-state index is 0.00852. The molecule has 3 aromatic rings. The molecule has 6 rings (SSSR count). The fraction of sp³-hybridized carbons (Fsp3) is 0.433. The van der Waals surface area contributed by atoms with E-state index >= 15 is 0 Å². The maximum absolute atomic E-state index is 13.0. The predicted molar refractivity (Wildman–Crippen MR) is 152 cm³/mol. The molecule has 3 heterocycles. The topological polar surface area (TPSA) is 116 Å². The Hall–Kier alpha value is -3.64. The highest BCUT2D eigenvalue weighted by atomic mass is 32.1. The van der Waals surface area contributed by atoms with Crippen LogP contribution in [0.15, 0.2) is 53.8 Å². The predicted octanol–water partition coefficient (Wildman–Crippen LogP) is 6.95. The fourth-order valence-corrected chi connectivity index (χ4v) is 7.32. The van der Waals surface area contributed by atoms with Gasteiger partial charge in [0, 0.05) is 29.1 Å². The first-order chi connectivity index (χ1) is 20.0. The molecule has 2 aromatic carbocycles. The van der Waals surface area contributed by atoms with Crippen LogP contribution < -0.4 is 9.64 Å². The Balaban J connectivity index is 1.19. The molecule has 8 nitrogen and oxygen atoms in total. The second-order valence-electron chi connectivity index (χ2n) is 11.3. The number of hydrogen-bond acceptors (Lipinski definition) is 8. The molecule has 2 aliphatic heterocycles. The molecule has 222 valence electrons. The summed E-state index contributed by atoms with van der Waals surface area (Å²) in [5.41, 5.74) is 0.842. The first-order valence-electron chi connectivity index (χ1n) is 13.9. The number of fused-ring (bicyclic) bond motifs is 3. The van der Waals surface area contributed by atoms with Crippen LogP contribution in [-0.2, 0) is 4.74 Å². The number of anilines is 1. The third kappa shape index (κ3) is 5.69. The van der Waals surface area contributed by atoms with Gasteiger partial charge in [-0.25, -0.2) is 9.78 Å². The Labute approximate surface area is 243 Å². The number of rotatable bonds is 9. The summed E-state index contributed by atoms with van der Waals surface area (Å²) in [6.45, 7) is 2.09. The molecular weight excluding hydrogens is 571 g/mol. The number of thiazole rings is 1. The fourth-order valence-electron chi connectivity index (χ4n) is 6.19. The molecule has 2 bridgehead atoms. The van der Waals surface area contributed by atoms with Crippen molar-refractivity contribution in [3.05, 3.63) is 64.9 Å². The summed E-state index contributed by atoms with van der Waals surface area (Å²) in [4.78, 5) is 18.5. The Kier molecular flexibility index (Phi) is 7.38. The van der Waals surface area contributed by atoms with E-state index in [1.54, 1.807) is 18.2 Å². The summed E-state index contributed by atoms with van der Waals surface area (Å²) < 4.78 is 50.4.